The number of carbonyl (C=O) groups excluding carboxylic acids is 1. The van der Waals surface area contributed by atoms with E-state index >= 15 is 0 Å². The summed E-state index contributed by atoms with van der Waals surface area (Å²) in [5, 5.41) is 4.39. The van der Waals surface area contributed by atoms with Gasteiger partial charge in [0.2, 0.25) is 0 Å². The Labute approximate surface area is 242 Å². The Balaban J connectivity index is 0.982. The van der Waals surface area contributed by atoms with Gasteiger partial charge in [0.25, 0.3) is 5.56 Å². The molecule has 0 unspecified atom stereocenters. The minimum atomic E-state index is -0.580. The summed E-state index contributed by atoms with van der Waals surface area (Å²) in [6.45, 7) is 5.66. The molecule has 2 aromatic carbocycles. The van der Waals surface area contributed by atoms with Crippen LogP contribution in [0.5, 0.6) is 5.75 Å². The van der Waals surface area contributed by atoms with E-state index in [4.69, 9.17) is 9.47 Å². The van der Waals surface area contributed by atoms with Crippen molar-refractivity contribution >= 4 is 44.0 Å². The lowest BCUT2D eigenvalue weighted by Gasteiger charge is -2.36. The zero-order valence-electron chi connectivity index (χ0n) is 22.8. The third-order valence-corrected chi connectivity index (χ3v) is 8.37. The first-order valence-electron chi connectivity index (χ1n) is 13.9. The lowest BCUT2D eigenvalue weighted by atomic mass is 10.2. The van der Waals surface area contributed by atoms with Gasteiger partial charge in [-0.2, -0.15) is 0 Å². The van der Waals surface area contributed by atoms with Crippen LogP contribution in [-0.4, -0.2) is 59.8 Å². The van der Waals surface area contributed by atoms with Crippen LogP contribution >= 0.6 is 11.3 Å². The van der Waals surface area contributed by atoms with Crippen molar-refractivity contribution in [3.8, 4) is 5.75 Å². The molecule has 5 aromatic rings. The van der Waals surface area contributed by atoms with Crippen molar-refractivity contribution in [1.29, 1.82) is 0 Å². The average Bonchev–Trinajstić information content (AvgIpc) is 3.50. The molecule has 0 saturated carbocycles. The summed E-state index contributed by atoms with van der Waals surface area (Å²) < 4.78 is 14.2. The van der Waals surface area contributed by atoms with Crippen LogP contribution in [0, 0.1) is 0 Å². The summed E-state index contributed by atoms with van der Waals surface area (Å²) in [6.07, 6.45) is 3.52. The van der Waals surface area contributed by atoms with Crippen molar-refractivity contribution in [2.75, 3.05) is 44.2 Å². The maximum Gasteiger partial charge on any atom is 0.358 e. The van der Waals surface area contributed by atoms with Crippen molar-refractivity contribution in [2.24, 2.45) is 0 Å². The number of nitrogens with zero attached hydrogens (tertiary/aromatic N) is 4. The van der Waals surface area contributed by atoms with E-state index in [2.05, 4.69) is 44.4 Å². The molecule has 6 rings (SSSR count). The van der Waals surface area contributed by atoms with Crippen LogP contribution in [-0.2, 0) is 11.5 Å². The number of rotatable bonds is 10. The fraction of sp³-hybridized carbons (Fsp3) is 0.281. The molecule has 1 saturated heterocycles. The Bertz CT molecular complexity index is 1690. The molecule has 0 atom stereocenters. The molecule has 4 heterocycles. The molecular weight excluding hydrogens is 536 g/mol. The fourth-order valence-corrected chi connectivity index (χ4v) is 6.07. The van der Waals surface area contributed by atoms with E-state index in [0.29, 0.717) is 17.9 Å². The monoisotopic (exact) mass is 568 g/mol. The number of carbonyl (C=O) groups is 1. The zero-order chi connectivity index (χ0) is 28.0. The largest absolute Gasteiger partial charge is 0.494 e. The molecule has 41 heavy (non-hydrogen) atoms. The van der Waals surface area contributed by atoms with Crippen molar-refractivity contribution in [1.82, 2.24) is 14.5 Å². The Morgan fingerprint density at radius 3 is 2.66 bits per heavy atom. The van der Waals surface area contributed by atoms with Crippen LogP contribution in [0.2, 0.25) is 0 Å². The van der Waals surface area contributed by atoms with E-state index in [0.717, 1.165) is 51.0 Å². The van der Waals surface area contributed by atoms with Crippen LogP contribution in [0.4, 0.5) is 5.69 Å². The lowest BCUT2D eigenvalue weighted by Crippen LogP contribution is -2.46. The Morgan fingerprint density at radius 1 is 0.927 bits per heavy atom. The predicted molar refractivity (Wildman–Crippen MR) is 163 cm³/mol. The number of fused-ring (bicyclic) bond motifs is 2. The lowest BCUT2D eigenvalue weighted by molar-refractivity contribution is 0.0367. The first-order chi connectivity index (χ1) is 20.2. The number of aromatic nitrogens is 2. The predicted octanol–water partition coefficient (Wildman–Crippen LogP) is 5.41. The van der Waals surface area contributed by atoms with Gasteiger partial charge in [0.1, 0.15) is 11.4 Å². The minimum absolute atomic E-state index is 0.197. The molecule has 1 fully saturated rings. The number of anilines is 1. The average molecular weight is 569 g/mol. The highest BCUT2D eigenvalue weighted by molar-refractivity contribution is 7.17. The van der Waals surface area contributed by atoms with Gasteiger partial charge in [0.05, 0.1) is 12.1 Å². The van der Waals surface area contributed by atoms with Gasteiger partial charge >= 0.3 is 5.97 Å². The highest BCUT2D eigenvalue weighted by atomic mass is 32.1. The summed E-state index contributed by atoms with van der Waals surface area (Å²) in [6, 6.07) is 22.7. The van der Waals surface area contributed by atoms with E-state index in [1.54, 1.807) is 35.6 Å². The van der Waals surface area contributed by atoms with E-state index in [-0.39, 0.29) is 18.0 Å². The third kappa shape index (κ3) is 6.26. The third-order valence-electron chi connectivity index (χ3n) is 7.49. The molecule has 0 N–H and O–H groups in total. The number of benzene rings is 2. The van der Waals surface area contributed by atoms with Crippen LogP contribution < -0.4 is 15.2 Å². The van der Waals surface area contributed by atoms with Crippen LogP contribution in [0.15, 0.2) is 89.2 Å². The summed E-state index contributed by atoms with van der Waals surface area (Å²) in [5.74, 6) is 0.104. The zero-order valence-corrected chi connectivity index (χ0v) is 23.6. The van der Waals surface area contributed by atoms with E-state index in [9.17, 15) is 9.59 Å². The number of thiophene rings is 1. The number of hydrogen-bond acceptors (Lipinski definition) is 8. The first kappa shape index (κ1) is 27.0. The Morgan fingerprint density at radius 2 is 1.80 bits per heavy atom. The van der Waals surface area contributed by atoms with Crippen LogP contribution in [0.1, 0.15) is 23.3 Å². The fourth-order valence-electron chi connectivity index (χ4n) is 5.27. The second kappa shape index (κ2) is 12.5. The van der Waals surface area contributed by atoms with Gasteiger partial charge in [-0.3, -0.25) is 14.3 Å². The number of unbranched alkanes of at least 4 members (excludes halogenated alkanes) is 1. The van der Waals surface area contributed by atoms with Crippen molar-refractivity contribution in [3.63, 3.8) is 0 Å². The number of piperazine rings is 1. The smallest absolute Gasteiger partial charge is 0.358 e. The summed E-state index contributed by atoms with van der Waals surface area (Å²) in [4.78, 5) is 34.0. The normalized spacial score (nSPS) is 14.0. The van der Waals surface area contributed by atoms with Gasteiger partial charge in [-0.25, -0.2) is 9.78 Å². The maximum atomic E-state index is 12.6. The molecule has 3 aromatic heterocycles. The minimum Gasteiger partial charge on any atom is -0.494 e. The number of ether oxygens (including phenoxy) is 2. The molecule has 1 aliphatic rings. The Kier molecular flexibility index (Phi) is 8.25. The number of esters is 1. The second-order valence-electron chi connectivity index (χ2n) is 10.1. The topological polar surface area (TPSA) is 76.9 Å². The van der Waals surface area contributed by atoms with Gasteiger partial charge < -0.3 is 14.4 Å². The second-order valence-corrected chi connectivity index (χ2v) is 11.0. The summed E-state index contributed by atoms with van der Waals surface area (Å²) in [7, 11) is 0. The van der Waals surface area contributed by atoms with Crippen LogP contribution in [0.25, 0.3) is 21.0 Å². The van der Waals surface area contributed by atoms with Crippen molar-refractivity contribution < 1.29 is 14.3 Å². The molecule has 0 amide bonds. The standard InChI is InChI=1S/C32H32N4O4S/c37-31-12-10-24-9-11-25(22-29(24)36(31)23-40-32(38)27-6-1-2-14-33-27)39-20-4-3-15-34-16-18-35(19-17-34)28-7-5-8-30-26(28)13-21-41-30/h1-2,5-14,21-22H,3-4,15-20,23H2. The van der Waals surface area contributed by atoms with Gasteiger partial charge in [-0.05, 0) is 78.7 Å². The van der Waals surface area contributed by atoms with Gasteiger partial charge in [-0.1, -0.05) is 12.1 Å². The quantitative estimate of drug-likeness (QED) is 0.165. The van der Waals surface area contributed by atoms with Crippen molar-refractivity contribution in [2.45, 2.75) is 19.6 Å². The maximum absolute atomic E-state index is 12.6. The molecule has 9 heteroatoms. The van der Waals surface area contributed by atoms with Gasteiger partial charge in [0, 0.05) is 60.3 Å². The molecule has 0 radical (unpaired) electrons. The van der Waals surface area contributed by atoms with Crippen molar-refractivity contribution in [3.05, 3.63) is 100 Å². The van der Waals surface area contributed by atoms with Gasteiger partial charge in [0.15, 0.2) is 6.73 Å². The van der Waals surface area contributed by atoms with E-state index < -0.39 is 5.97 Å². The van der Waals surface area contributed by atoms with E-state index in [1.807, 2.05) is 18.2 Å². The van der Waals surface area contributed by atoms with E-state index in [1.165, 1.54) is 32.6 Å². The van der Waals surface area contributed by atoms with Crippen LogP contribution in [0.3, 0.4) is 0 Å². The molecule has 0 aliphatic carbocycles. The first-order valence-corrected chi connectivity index (χ1v) is 14.8. The number of hydrogen-bond donors (Lipinski definition) is 0. The van der Waals surface area contributed by atoms with Gasteiger partial charge in [-0.15, -0.1) is 11.3 Å². The summed E-state index contributed by atoms with van der Waals surface area (Å²) >= 11 is 1.80. The molecule has 0 bridgehead atoms. The number of pyridine rings is 2. The highest BCUT2D eigenvalue weighted by Crippen LogP contribution is 2.31. The molecule has 8 nitrogen and oxygen atoms in total. The molecular formula is C32H32N4O4S. The molecule has 1 aliphatic heterocycles. The SMILES string of the molecule is O=C(OCn1c(=O)ccc2ccc(OCCCCN3CCN(c4cccc5sccc45)CC3)cc21)c1ccccn1. The summed E-state index contributed by atoms with van der Waals surface area (Å²) in [5.41, 5.74) is 1.95. The highest BCUT2D eigenvalue weighted by Gasteiger charge is 2.18. The molecule has 0 spiro atoms. The Hall–Kier alpha value is -4.21. The molecule has 210 valence electrons.